The third-order valence-electron chi connectivity index (χ3n) is 3.84. The summed E-state index contributed by atoms with van der Waals surface area (Å²) >= 11 is 6.36. The molecule has 0 saturated heterocycles. The fourth-order valence-electron chi connectivity index (χ4n) is 2.46. The number of aliphatic hydroxyl groups is 2. The van der Waals surface area contributed by atoms with Gasteiger partial charge in [-0.15, -0.1) is 0 Å². The van der Waals surface area contributed by atoms with Crippen molar-refractivity contribution >= 4 is 17.3 Å². The molecule has 1 atom stereocenters. The maximum Gasteiger partial charge on any atom is 0.0762 e. The Morgan fingerprint density at radius 3 is 2.63 bits per heavy atom. The van der Waals surface area contributed by atoms with Gasteiger partial charge < -0.3 is 15.1 Å². The average molecular weight is 284 g/mol. The van der Waals surface area contributed by atoms with E-state index in [9.17, 15) is 5.11 Å². The topological polar surface area (TPSA) is 43.7 Å². The summed E-state index contributed by atoms with van der Waals surface area (Å²) in [6.07, 6.45) is 3.91. The van der Waals surface area contributed by atoms with Gasteiger partial charge >= 0.3 is 0 Å². The van der Waals surface area contributed by atoms with Crippen LogP contribution in [-0.4, -0.2) is 29.4 Å². The van der Waals surface area contributed by atoms with Crippen molar-refractivity contribution in [3.8, 4) is 0 Å². The number of rotatable bonds is 6. The number of halogens is 1. The number of anilines is 1. The molecule has 0 aromatic heterocycles. The van der Waals surface area contributed by atoms with Gasteiger partial charge in [-0.05, 0) is 50.3 Å². The highest BCUT2D eigenvalue weighted by atomic mass is 35.5. The Labute approximate surface area is 119 Å². The van der Waals surface area contributed by atoms with Crippen molar-refractivity contribution in [2.45, 2.75) is 44.8 Å². The molecule has 106 valence electrons. The van der Waals surface area contributed by atoms with Gasteiger partial charge in [-0.3, -0.25) is 0 Å². The SMILES string of the molecule is CC(O)c1ccc(N(CCCO)C2CCC2)c(Cl)c1. The lowest BCUT2D eigenvalue weighted by atomic mass is 9.90. The smallest absolute Gasteiger partial charge is 0.0762 e. The van der Waals surface area contributed by atoms with Gasteiger partial charge in [0.05, 0.1) is 16.8 Å². The van der Waals surface area contributed by atoms with Gasteiger partial charge in [0.25, 0.3) is 0 Å². The highest BCUT2D eigenvalue weighted by Crippen LogP contribution is 2.35. The Hall–Kier alpha value is -0.770. The Kier molecular flexibility index (Phi) is 5.08. The van der Waals surface area contributed by atoms with Gasteiger partial charge in [-0.1, -0.05) is 17.7 Å². The lowest BCUT2D eigenvalue weighted by Gasteiger charge is -2.39. The van der Waals surface area contributed by atoms with Crippen LogP contribution < -0.4 is 4.90 Å². The number of nitrogens with zero attached hydrogens (tertiary/aromatic N) is 1. The molecule has 2 rings (SSSR count). The summed E-state index contributed by atoms with van der Waals surface area (Å²) < 4.78 is 0. The van der Waals surface area contributed by atoms with Crippen LogP contribution in [0.2, 0.25) is 5.02 Å². The first-order valence-electron chi connectivity index (χ1n) is 6.98. The second-order valence-corrected chi connectivity index (χ2v) is 5.65. The molecule has 1 aliphatic rings. The zero-order valence-corrected chi connectivity index (χ0v) is 12.1. The van der Waals surface area contributed by atoms with Crippen molar-refractivity contribution in [3.05, 3.63) is 28.8 Å². The summed E-state index contributed by atoms with van der Waals surface area (Å²) in [4.78, 5) is 2.30. The predicted molar refractivity (Wildman–Crippen MR) is 78.8 cm³/mol. The molecule has 0 spiro atoms. The molecular weight excluding hydrogens is 262 g/mol. The summed E-state index contributed by atoms with van der Waals surface area (Å²) in [5.41, 5.74) is 1.86. The molecule has 1 saturated carbocycles. The van der Waals surface area contributed by atoms with Gasteiger partial charge in [0.15, 0.2) is 0 Å². The summed E-state index contributed by atoms with van der Waals surface area (Å²) in [7, 11) is 0. The first-order chi connectivity index (χ1) is 9.13. The van der Waals surface area contributed by atoms with E-state index in [0.717, 1.165) is 24.2 Å². The average Bonchev–Trinajstić information content (AvgIpc) is 2.32. The zero-order valence-electron chi connectivity index (χ0n) is 11.3. The maximum atomic E-state index is 9.58. The van der Waals surface area contributed by atoms with Gasteiger partial charge in [0.2, 0.25) is 0 Å². The van der Waals surface area contributed by atoms with Crippen LogP contribution in [0.15, 0.2) is 18.2 Å². The number of hydrogen-bond acceptors (Lipinski definition) is 3. The molecule has 2 N–H and O–H groups in total. The van der Waals surface area contributed by atoms with E-state index in [2.05, 4.69) is 4.90 Å². The van der Waals surface area contributed by atoms with E-state index in [1.54, 1.807) is 6.92 Å². The summed E-state index contributed by atoms with van der Waals surface area (Å²) in [5.74, 6) is 0. The molecule has 4 heteroatoms. The minimum atomic E-state index is -0.499. The van der Waals surface area contributed by atoms with E-state index in [0.29, 0.717) is 11.1 Å². The minimum absolute atomic E-state index is 0.201. The maximum absolute atomic E-state index is 9.58. The van der Waals surface area contributed by atoms with Crippen LogP contribution in [-0.2, 0) is 0 Å². The van der Waals surface area contributed by atoms with Crippen molar-refractivity contribution in [1.82, 2.24) is 0 Å². The standard InChI is InChI=1S/C15H22ClNO2/c1-11(19)12-6-7-15(14(16)10-12)17(8-3-9-18)13-4-2-5-13/h6-7,10-11,13,18-19H,2-5,8-9H2,1H3. The highest BCUT2D eigenvalue weighted by Gasteiger charge is 2.26. The van der Waals surface area contributed by atoms with Crippen molar-refractivity contribution in [2.75, 3.05) is 18.1 Å². The molecule has 1 aromatic carbocycles. The second kappa shape index (κ2) is 6.60. The Bertz CT molecular complexity index is 419. The van der Waals surface area contributed by atoms with Gasteiger partial charge in [0, 0.05) is 19.2 Å². The Balaban J connectivity index is 2.20. The van der Waals surface area contributed by atoms with E-state index >= 15 is 0 Å². The third kappa shape index (κ3) is 3.41. The molecule has 0 bridgehead atoms. The first-order valence-corrected chi connectivity index (χ1v) is 7.36. The van der Waals surface area contributed by atoms with Crippen LogP contribution in [0, 0.1) is 0 Å². The van der Waals surface area contributed by atoms with Crippen LogP contribution in [0.1, 0.15) is 44.3 Å². The van der Waals surface area contributed by atoms with Gasteiger partial charge in [-0.25, -0.2) is 0 Å². The molecule has 0 radical (unpaired) electrons. The van der Waals surface area contributed by atoms with E-state index in [4.69, 9.17) is 16.7 Å². The van der Waals surface area contributed by atoms with E-state index < -0.39 is 6.10 Å². The van der Waals surface area contributed by atoms with Crippen LogP contribution >= 0.6 is 11.6 Å². The third-order valence-corrected chi connectivity index (χ3v) is 4.14. The van der Waals surface area contributed by atoms with Crippen molar-refractivity contribution < 1.29 is 10.2 Å². The molecule has 1 aliphatic carbocycles. The monoisotopic (exact) mass is 283 g/mol. The van der Waals surface area contributed by atoms with E-state index in [1.807, 2.05) is 18.2 Å². The highest BCUT2D eigenvalue weighted by molar-refractivity contribution is 6.33. The molecule has 1 aromatic rings. The van der Waals surface area contributed by atoms with Crippen LogP contribution in [0.25, 0.3) is 0 Å². The molecular formula is C15H22ClNO2. The van der Waals surface area contributed by atoms with Crippen molar-refractivity contribution in [3.63, 3.8) is 0 Å². The lowest BCUT2D eigenvalue weighted by molar-refractivity contribution is 0.199. The number of hydrogen-bond donors (Lipinski definition) is 2. The largest absolute Gasteiger partial charge is 0.396 e. The quantitative estimate of drug-likeness (QED) is 0.843. The summed E-state index contributed by atoms with van der Waals surface area (Å²) in [6, 6.07) is 6.30. The fraction of sp³-hybridized carbons (Fsp3) is 0.600. The van der Waals surface area contributed by atoms with E-state index in [1.165, 1.54) is 19.3 Å². The molecule has 0 amide bonds. The van der Waals surface area contributed by atoms with Gasteiger partial charge in [-0.2, -0.15) is 0 Å². The Morgan fingerprint density at radius 1 is 1.42 bits per heavy atom. The van der Waals surface area contributed by atoms with Crippen molar-refractivity contribution in [2.24, 2.45) is 0 Å². The van der Waals surface area contributed by atoms with Gasteiger partial charge in [0.1, 0.15) is 0 Å². The lowest BCUT2D eigenvalue weighted by Crippen LogP contribution is -2.41. The first kappa shape index (κ1) is 14.6. The summed E-state index contributed by atoms with van der Waals surface area (Å²) in [6.45, 7) is 2.77. The number of aliphatic hydroxyl groups excluding tert-OH is 2. The molecule has 3 nitrogen and oxygen atoms in total. The van der Waals surface area contributed by atoms with Crippen LogP contribution in [0.5, 0.6) is 0 Å². The predicted octanol–water partition coefficient (Wildman–Crippen LogP) is 3.13. The minimum Gasteiger partial charge on any atom is -0.396 e. The molecule has 1 unspecified atom stereocenters. The van der Waals surface area contributed by atoms with E-state index in [-0.39, 0.29) is 6.61 Å². The molecule has 0 aliphatic heterocycles. The Morgan fingerprint density at radius 2 is 2.16 bits per heavy atom. The normalized spacial score (nSPS) is 17.1. The zero-order chi connectivity index (χ0) is 13.8. The molecule has 1 fully saturated rings. The van der Waals surface area contributed by atoms with Crippen LogP contribution in [0.4, 0.5) is 5.69 Å². The van der Waals surface area contributed by atoms with Crippen LogP contribution in [0.3, 0.4) is 0 Å². The fourth-order valence-corrected chi connectivity index (χ4v) is 2.75. The molecule has 19 heavy (non-hydrogen) atoms. The second-order valence-electron chi connectivity index (χ2n) is 5.24. The summed E-state index contributed by atoms with van der Waals surface area (Å²) in [5, 5.41) is 19.3. The van der Waals surface area contributed by atoms with Crippen molar-refractivity contribution in [1.29, 1.82) is 0 Å². The number of benzene rings is 1. The molecule has 0 heterocycles.